The third-order valence-corrected chi connectivity index (χ3v) is 4.55. The lowest BCUT2D eigenvalue weighted by Gasteiger charge is -2.05. The fourth-order valence-corrected chi connectivity index (χ4v) is 3.09. The van der Waals surface area contributed by atoms with Gasteiger partial charge in [-0.05, 0) is 23.6 Å². The van der Waals surface area contributed by atoms with Gasteiger partial charge in [0, 0.05) is 10.9 Å². The summed E-state index contributed by atoms with van der Waals surface area (Å²) in [7, 11) is 0. The van der Waals surface area contributed by atoms with Crippen LogP contribution in [0.1, 0.15) is 35.7 Å². The molecule has 0 bridgehead atoms. The number of benzene rings is 2. The van der Waals surface area contributed by atoms with E-state index in [0.29, 0.717) is 11.6 Å². The van der Waals surface area contributed by atoms with Crippen molar-refractivity contribution < 1.29 is 13.6 Å². The molecule has 0 fully saturated rings. The zero-order chi connectivity index (χ0) is 18.0. The molecule has 1 aromatic heterocycles. The highest BCUT2D eigenvalue weighted by Gasteiger charge is 2.18. The molecule has 0 radical (unpaired) electrons. The lowest BCUT2D eigenvalue weighted by Crippen LogP contribution is -2.15. The predicted molar refractivity (Wildman–Crippen MR) is 96.0 cm³/mol. The van der Waals surface area contributed by atoms with Gasteiger partial charge in [-0.3, -0.25) is 10.1 Å². The van der Waals surface area contributed by atoms with E-state index in [2.05, 4.69) is 24.1 Å². The second-order valence-electron chi connectivity index (χ2n) is 5.87. The summed E-state index contributed by atoms with van der Waals surface area (Å²) in [5.41, 5.74) is 2.23. The minimum absolute atomic E-state index is 0.288. The van der Waals surface area contributed by atoms with Crippen molar-refractivity contribution in [2.24, 2.45) is 0 Å². The number of halogens is 2. The summed E-state index contributed by atoms with van der Waals surface area (Å²) in [6.07, 6.45) is 0. The summed E-state index contributed by atoms with van der Waals surface area (Å²) in [5, 5.41) is 4.53. The highest BCUT2D eigenvalue weighted by molar-refractivity contribution is 7.14. The molecule has 1 amide bonds. The highest BCUT2D eigenvalue weighted by Crippen LogP contribution is 2.27. The quantitative estimate of drug-likeness (QED) is 0.672. The molecule has 3 aromatic rings. The standard InChI is InChI=1S/C19H16F2N2OS/c1-11(2)12-6-8-13(9-7-12)16-10-25-19(22-16)23-18(24)17-14(20)4-3-5-15(17)21/h3-11H,1-2H3,(H,22,23,24). The summed E-state index contributed by atoms with van der Waals surface area (Å²) < 4.78 is 27.3. The van der Waals surface area contributed by atoms with Crippen molar-refractivity contribution in [3.05, 3.63) is 70.6 Å². The smallest absolute Gasteiger partial charge is 0.263 e. The van der Waals surface area contributed by atoms with Gasteiger partial charge in [-0.25, -0.2) is 13.8 Å². The summed E-state index contributed by atoms with van der Waals surface area (Å²) in [6, 6.07) is 11.3. The van der Waals surface area contributed by atoms with Crippen LogP contribution in [0.25, 0.3) is 11.3 Å². The van der Waals surface area contributed by atoms with Gasteiger partial charge in [-0.2, -0.15) is 0 Å². The first kappa shape index (κ1) is 17.2. The Morgan fingerprint density at radius 1 is 1.08 bits per heavy atom. The molecule has 0 saturated carbocycles. The van der Waals surface area contributed by atoms with Crippen LogP contribution in [0, 0.1) is 11.6 Å². The molecule has 0 unspecified atom stereocenters. The molecule has 0 spiro atoms. The second-order valence-corrected chi connectivity index (χ2v) is 6.72. The number of nitrogens with one attached hydrogen (secondary N) is 1. The van der Waals surface area contributed by atoms with Gasteiger partial charge in [0.25, 0.3) is 5.91 Å². The van der Waals surface area contributed by atoms with Gasteiger partial charge in [0.1, 0.15) is 17.2 Å². The van der Waals surface area contributed by atoms with E-state index in [1.54, 1.807) is 5.38 Å². The van der Waals surface area contributed by atoms with E-state index in [0.717, 1.165) is 17.7 Å². The average molecular weight is 358 g/mol. The summed E-state index contributed by atoms with van der Waals surface area (Å²) in [5.74, 6) is -2.22. The minimum Gasteiger partial charge on any atom is -0.298 e. The van der Waals surface area contributed by atoms with Crippen molar-refractivity contribution in [2.45, 2.75) is 19.8 Å². The van der Waals surface area contributed by atoms with Gasteiger partial charge >= 0.3 is 0 Å². The first-order valence-electron chi connectivity index (χ1n) is 7.77. The summed E-state index contributed by atoms with van der Waals surface area (Å²) in [6.45, 7) is 4.24. The van der Waals surface area contributed by atoms with Crippen LogP contribution in [-0.2, 0) is 0 Å². The number of nitrogens with zero attached hydrogens (tertiary/aromatic N) is 1. The molecule has 0 aliphatic rings. The molecule has 0 atom stereocenters. The van der Waals surface area contributed by atoms with Crippen LogP contribution in [0.15, 0.2) is 47.8 Å². The highest BCUT2D eigenvalue weighted by atomic mass is 32.1. The van der Waals surface area contributed by atoms with E-state index in [4.69, 9.17) is 0 Å². The number of amides is 1. The number of carbonyl (C=O) groups is 1. The van der Waals surface area contributed by atoms with Gasteiger partial charge in [0.15, 0.2) is 5.13 Å². The number of hydrogen-bond donors (Lipinski definition) is 1. The van der Waals surface area contributed by atoms with Gasteiger partial charge < -0.3 is 0 Å². The molecular formula is C19H16F2N2OS. The van der Waals surface area contributed by atoms with Crippen molar-refractivity contribution >= 4 is 22.4 Å². The fourth-order valence-electron chi connectivity index (χ4n) is 2.38. The maximum atomic E-state index is 13.7. The number of carbonyl (C=O) groups excluding carboxylic acids is 1. The third-order valence-electron chi connectivity index (χ3n) is 3.79. The monoisotopic (exact) mass is 358 g/mol. The Morgan fingerprint density at radius 3 is 2.32 bits per heavy atom. The Morgan fingerprint density at radius 2 is 1.72 bits per heavy atom. The zero-order valence-corrected chi connectivity index (χ0v) is 14.5. The topological polar surface area (TPSA) is 42.0 Å². The number of thiazole rings is 1. The Labute approximate surface area is 148 Å². The van der Waals surface area contributed by atoms with Crippen LogP contribution < -0.4 is 5.32 Å². The molecular weight excluding hydrogens is 342 g/mol. The molecule has 1 heterocycles. The van der Waals surface area contributed by atoms with Crippen LogP contribution in [0.5, 0.6) is 0 Å². The molecule has 3 nitrogen and oxygen atoms in total. The molecule has 3 rings (SSSR count). The first-order valence-corrected chi connectivity index (χ1v) is 8.65. The Bertz CT molecular complexity index is 884. The minimum atomic E-state index is -0.904. The Kier molecular flexibility index (Phi) is 4.90. The number of anilines is 1. The molecule has 0 saturated heterocycles. The third kappa shape index (κ3) is 3.74. The maximum absolute atomic E-state index is 13.7. The Hall–Kier alpha value is -2.60. The molecule has 2 aromatic carbocycles. The fraction of sp³-hybridized carbons (Fsp3) is 0.158. The van der Waals surface area contributed by atoms with Crippen LogP contribution in [0.2, 0.25) is 0 Å². The number of aromatic nitrogens is 1. The van der Waals surface area contributed by atoms with Crippen molar-refractivity contribution in [3.8, 4) is 11.3 Å². The summed E-state index contributed by atoms with van der Waals surface area (Å²) >= 11 is 1.20. The van der Waals surface area contributed by atoms with Crippen molar-refractivity contribution in [1.29, 1.82) is 0 Å². The van der Waals surface area contributed by atoms with Gasteiger partial charge in [-0.1, -0.05) is 44.2 Å². The lowest BCUT2D eigenvalue weighted by atomic mass is 10.0. The van der Waals surface area contributed by atoms with E-state index in [1.165, 1.54) is 23.0 Å². The lowest BCUT2D eigenvalue weighted by molar-refractivity contribution is 0.101. The molecule has 0 aliphatic carbocycles. The molecule has 0 aliphatic heterocycles. The van der Waals surface area contributed by atoms with E-state index in [1.807, 2.05) is 24.3 Å². The number of rotatable bonds is 4. The molecule has 128 valence electrons. The predicted octanol–water partition coefficient (Wildman–Crippen LogP) is 5.46. The van der Waals surface area contributed by atoms with E-state index in [-0.39, 0.29) is 5.13 Å². The average Bonchev–Trinajstić information content (AvgIpc) is 3.03. The van der Waals surface area contributed by atoms with Crippen LogP contribution >= 0.6 is 11.3 Å². The van der Waals surface area contributed by atoms with Crippen molar-refractivity contribution in [3.63, 3.8) is 0 Å². The van der Waals surface area contributed by atoms with Gasteiger partial charge in [0.2, 0.25) is 0 Å². The zero-order valence-electron chi connectivity index (χ0n) is 13.7. The van der Waals surface area contributed by atoms with Crippen molar-refractivity contribution in [2.75, 3.05) is 5.32 Å². The largest absolute Gasteiger partial charge is 0.298 e. The van der Waals surface area contributed by atoms with Crippen LogP contribution in [0.3, 0.4) is 0 Å². The van der Waals surface area contributed by atoms with Gasteiger partial charge in [0.05, 0.1) is 5.69 Å². The van der Waals surface area contributed by atoms with Crippen molar-refractivity contribution in [1.82, 2.24) is 4.98 Å². The van der Waals surface area contributed by atoms with E-state index < -0.39 is 23.1 Å². The Balaban J connectivity index is 1.79. The van der Waals surface area contributed by atoms with E-state index >= 15 is 0 Å². The molecule has 6 heteroatoms. The molecule has 1 N–H and O–H groups in total. The normalized spacial score (nSPS) is 10.9. The first-order chi connectivity index (χ1) is 12.0. The maximum Gasteiger partial charge on any atom is 0.263 e. The summed E-state index contributed by atoms with van der Waals surface area (Å²) in [4.78, 5) is 16.4. The van der Waals surface area contributed by atoms with E-state index in [9.17, 15) is 13.6 Å². The van der Waals surface area contributed by atoms with Crippen LogP contribution in [-0.4, -0.2) is 10.9 Å². The molecule has 25 heavy (non-hydrogen) atoms. The number of hydrogen-bond acceptors (Lipinski definition) is 3. The SMILES string of the molecule is CC(C)c1ccc(-c2csc(NC(=O)c3c(F)cccc3F)n2)cc1. The second kappa shape index (κ2) is 7.11. The van der Waals surface area contributed by atoms with Gasteiger partial charge in [-0.15, -0.1) is 11.3 Å². The van der Waals surface area contributed by atoms with Crippen LogP contribution in [0.4, 0.5) is 13.9 Å².